The number of hydrogen-bond acceptors (Lipinski definition) is 2. The molecule has 0 bridgehead atoms. The van der Waals surface area contributed by atoms with Gasteiger partial charge in [-0.05, 0) is 30.5 Å². The van der Waals surface area contributed by atoms with Crippen LogP contribution >= 0.6 is 0 Å². The smallest absolute Gasteiger partial charge is 0.240 e. The van der Waals surface area contributed by atoms with Crippen LogP contribution in [0.3, 0.4) is 0 Å². The van der Waals surface area contributed by atoms with Crippen molar-refractivity contribution in [2.75, 3.05) is 6.61 Å². The van der Waals surface area contributed by atoms with Gasteiger partial charge >= 0.3 is 0 Å². The first-order valence-corrected chi connectivity index (χ1v) is 8.64. The number of carbonyl (C=O) groups excluding carboxylic acids is 1. The van der Waals surface area contributed by atoms with Gasteiger partial charge in [0.05, 0.1) is 0 Å². The molecule has 3 rings (SSSR count). The number of hydrogen-bond donors (Lipinski definition) is 2. The van der Waals surface area contributed by atoms with Crippen molar-refractivity contribution in [3.63, 3.8) is 0 Å². The van der Waals surface area contributed by atoms with Gasteiger partial charge < -0.3 is 15.0 Å². The quantitative estimate of drug-likeness (QED) is 0.724. The van der Waals surface area contributed by atoms with E-state index in [9.17, 15) is 9.90 Å². The van der Waals surface area contributed by atoms with E-state index in [1.807, 2.05) is 50.2 Å². The van der Waals surface area contributed by atoms with Crippen molar-refractivity contribution in [1.82, 2.24) is 9.88 Å². The number of nitrogens with one attached hydrogen (secondary N) is 1. The monoisotopic (exact) mass is 336 g/mol. The van der Waals surface area contributed by atoms with Gasteiger partial charge in [-0.15, -0.1) is 0 Å². The van der Waals surface area contributed by atoms with Crippen molar-refractivity contribution in [2.45, 2.75) is 26.4 Å². The Morgan fingerprint density at radius 1 is 1.08 bits per heavy atom. The largest absolute Gasteiger partial charge is 0.396 e. The standard InChI is InChI=1S/C21H24N2O2/c1-15(14-24)16(2)22-21(25)13-23-19-11-7-6-10-18(19)12-20(23)17-8-4-3-5-9-17/h3-12,15-16,24H,13-14H2,1-2H3,(H,22,25). The number of para-hydroxylation sites is 1. The van der Waals surface area contributed by atoms with Crippen molar-refractivity contribution in [1.29, 1.82) is 0 Å². The summed E-state index contributed by atoms with van der Waals surface area (Å²) in [4.78, 5) is 12.6. The molecule has 130 valence electrons. The van der Waals surface area contributed by atoms with Crippen molar-refractivity contribution in [2.24, 2.45) is 5.92 Å². The first-order valence-electron chi connectivity index (χ1n) is 8.64. The molecule has 1 amide bonds. The highest BCUT2D eigenvalue weighted by Crippen LogP contribution is 2.28. The molecule has 1 heterocycles. The predicted octanol–water partition coefficient (Wildman–Crippen LogP) is 3.44. The summed E-state index contributed by atoms with van der Waals surface area (Å²) in [7, 11) is 0. The van der Waals surface area contributed by atoms with Crippen LogP contribution in [0.15, 0.2) is 60.7 Å². The predicted molar refractivity (Wildman–Crippen MR) is 101 cm³/mol. The molecular formula is C21H24N2O2. The molecule has 0 radical (unpaired) electrons. The molecule has 0 saturated heterocycles. The molecule has 2 N–H and O–H groups in total. The zero-order valence-electron chi connectivity index (χ0n) is 14.6. The highest BCUT2D eigenvalue weighted by atomic mass is 16.3. The Kier molecular flexibility index (Phi) is 5.19. The molecule has 25 heavy (non-hydrogen) atoms. The van der Waals surface area contributed by atoms with E-state index in [-0.39, 0.29) is 31.0 Å². The number of amides is 1. The molecule has 0 aliphatic carbocycles. The molecule has 4 heteroatoms. The molecule has 0 aliphatic rings. The number of aliphatic hydroxyl groups excluding tert-OH is 1. The summed E-state index contributed by atoms with van der Waals surface area (Å²) >= 11 is 0. The second kappa shape index (κ2) is 7.53. The maximum absolute atomic E-state index is 12.6. The Morgan fingerprint density at radius 2 is 1.76 bits per heavy atom. The number of aromatic nitrogens is 1. The molecule has 3 aromatic rings. The molecular weight excluding hydrogens is 312 g/mol. The highest BCUT2D eigenvalue weighted by Gasteiger charge is 2.17. The third-order valence-electron chi connectivity index (χ3n) is 4.71. The van der Waals surface area contributed by atoms with Gasteiger partial charge in [-0.25, -0.2) is 0 Å². The molecule has 4 nitrogen and oxygen atoms in total. The highest BCUT2D eigenvalue weighted by molar-refractivity contribution is 5.89. The minimum atomic E-state index is -0.0699. The number of nitrogens with zero attached hydrogens (tertiary/aromatic N) is 1. The SMILES string of the molecule is CC(CO)C(C)NC(=O)Cn1c(-c2ccccc2)cc2ccccc21. The van der Waals surface area contributed by atoms with E-state index in [2.05, 4.69) is 34.1 Å². The molecule has 0 spiro atoms. The van der Waals surface area contributed by atoms with Crippen molar-refractivity contribution < 1.29 is 9.90 Å². The van der Waals surface area contributed by atoms with E-state index >= 15 is 0 Å². The van der Waals surface area contributed by atoms with Crippen LogP contribution in [0.2, 0.25) is 0 Å². The molecule has 1 aromatic heterocycles. The second-order valence-electron chi connectivity index (χ2n) is 6.56. The van der Waals surface area contributed by atoms with Crippen molar-refractivity contribution in [3.8, 4) is 11.3 Å². The molecule has 2 aromatic carbocycles. The van der Waals surface area contributed by atoms with E-state index in [4.69, 9.17) is 0 Å². The normalized spacial score (nSPS) is 13.6. The summed E-state index contributed by atoms with van der Waals surface area (Å²) in [5.41, 5.74) is 3.16. The van der Waals surface area contributed by atoms with E-state index in [1.165, 1.54) is 0 Å². The number of benzene rings is 2. The molecule has 2 atom stereocenters. The van der Waals surface area contributed by atoms with E-state index in [0.717, 1.165) is 22.2 Å². The fraction of sp³-hybridized carbons (Fsp3) is 0.286. The molecule has 0 aliphatic heterocycles. The lowest BCUT2D eigenvalue weighted by Gasteiger charge is -2.20. The van der Waals surface area contributed by atoms with Gasteiger partial charge in [-0.3, -0.25) is 4.79 Å². The summed E-state index contributed by atoms with van der Waals surface area (Å²) in [6.45, 7) is 4.15. The van der Waals surface area contributed by atoms with Crippen LogP contribution in [0.5, 0.6) is 0 Å². The van der Waals surface area contributed by atoms with E-state index in [1.54, 1.807) is 0 Å². The van der Waals surface area contributed by atoms with Gasteiger partial charge in [0, 0.05) is 29.2 Å². The van der Waals surface area contributed by atoms with Crippen molar-refractivity contribution in [3.05, 3.63) is 60.7 Å². The Morgan fingerprint density at radius 3 is 2.48 bits per heavy atom. The first kappa shape index (κ1) is 17.2. The van der Waals surface area contributed by atoms with Gasteiger partial charge in [0.15, 0.2) is 0 Å². The zero-order chi connectivity index (χ0) is 17.8. The summed E-state index contributed by atoms with van der Waals surface area (Å²) < 4.78 is 2.05. The van der Waals surface area contributed by atoms with Gasteiger partial charge in [0.2, 0.25) is 5.91 Å². The van der Waals surface area contributed by atoms with Gasteiger partial charge in [-0.1, -0.05) is 55.5 Å². The zero-order valence-corrected chi connectivity index (χ0v) is 14.6. The summed E-state index contributed by atoms with van der Waals surface area (Å²) in [6, 6.07) is 20.2. The maximum atomic E-state index is 12.6. The average Bonchev–Trinajstić information content (AvgIpc) is 3.00. The Labute approximate surface area is 148 Å². The third kappa shape index (κ3) is 3.74. The van der Waals surface area contributed by atoms with Crippen LogP contribution in [-0.2, 0) is 11.3 Å². The number of aliphatic hydroxyl groups is 1. The fourth-order valence-corrected chi connectivity index (χ4v) is 2.97. The maximum Gasteiger partial charge on any atom is 0.240 e. The third-order valence-corrected chi connectivity index (χ3v) is 4.71. The van der Waals surface area contributed by atoms with Crippen LogP contribution in [-0.4, -0.2) is 28.2 Å². The van der Waals surface area contributed by atoms with Crippen LogP contribution in [0, 0.1) is 5.92 Å². The first-order chi connectivity index (χ1) is 12.1. The molecule has 2 unspecified atom stereocenters. The lowest BCUT2D eigenvalue weighted by molar-refractivity contribution is -0.122. The van der Waals surface area contributed by atoms with Crippen molar-refractivity contribution >= 4 is 16.8 Å². The van der Waals surface area contributed by atoms with Crippen LogP contribution < -0.4 is 5.32 Å². The average molecular weight is 336 g/mol. The van der Waals surface area contributed by atoms with E-state index in [0.29, 0.717) is 0 Å². The second-order valence-corrected chi connectivity index (χ2v) is 6.56. The van der Waals surface area contributed by atoms with E-state index < -0.39 is 0 Å². The van der Waals surface area contributed by atoms with Gasteiger partial charge in [0.1, 0.15) is 6.54 Å². The van der Waals surface area contributed by atoms with Gasteiger partial charge in [-0.2, -0.15) is 0 Å². The molecule has 0 fully saturated rings. The summed E-state index contributed by atoms with van der Waals surface area (Å²) in [5, 5.41) is 13.4. The number of carbonyl (C=O) groups is 1. The summed E-state index contributed by atoms with van der Waals surface area (Å²) in [5.74, 6) is -0.0229. The van der Waals surface area contributed by atoms with Crippen LogP contribution in [0.4, 0.5) is 0 Å². The van der Waals surface area contributed by atoms with Crippen LogP contribution in [0.25, 0.3) is 22.2 Å². The lowest BCUT2D eigenvalue weighted by Crippen LogP contribution is -2.40. The van der Waals surface area contributed by atoms with Gasteiger partial charge in [0.25, 0.3) is 0 Å². The number of rotatable bonds is 6. The summed E-state index contributed by atoms with van der Waals surface area (Å²) in [6.07, 6.45) is 0. The fourth-order valence-electron chi connectivity index (χ4n) is 2.97. The number of fused-ring (bicyclic) bond motifs is 1. The minimum absolute atomic E-state index is 0.0268. The Balaban J connectivity index is 1.93. The molecule has 0 saturated carbocycles. The Hall–Kier alpha value is -2.59. The minimum Gasteiger partial charge on any atom is -0.396 e. The van der Waals surface area contributed by atoms with Crippen LogP contribution in [0.1, 0.15) is 13.8 Å². The Bertz CT molecular complexity index is 855. The topological polar surface area (TPSA) is 54.3 Å². The lowest BCUT2D eigenvalue weighted by atomic mass is 10.1.